The fraction of sp³-hybridized carbons (Fsp3) is 0.542. The van der Waals surface area contributed by atoms with Crippen LogP contribution < -0.4 is 4.90 Å². The first-order valence-corrected chi connectivity index (χ1v) is 11.1. The van der Waals surface area contributed by atoms with Gasteiger partial charge < -0.3 is 4.90 Å². The van der Waals surface area contributed by atoms with Crippen molar-refractivity contribution < 1.29 is 14.4 Å². The zero-order valence-corrected chi connectivity index (χ0v) is 16.5. The monoisotopic (exact) mass is 390 g/mol. The second kappa shape index (κ2) is 6.28. The summed E-state index contributed by atoms with van der Waals surface area (Å²) in [4.78, 5) is 42.6. The van der Waals surface area contributed by atoms with Crippen LogP contribution in [0.25, 0.3) is 0 Å². The van der Waals surface area contributed by atoms with Crippen molar-refractivity contribution in [1.82, 2.24) is 4.90 Å². The lowest BCUT2D eigenvalue weighted by Gasteiger charge is -2.37. The summed E-state index contributed by atoms with van der Waals surface area (Å²) in [5.74, 6) is 1.29. The maximum Gasteiger partial charge on any atom is 0.253 e. The van der Waals surface area contributed by atoms with Crippen LogP contribution in [0.2, 0.25) is 0 Å². The van der Waals surface area contributed by atoms with Gasteiger partial charge in [0.15, 0.2) is 0 Å². The van der Waals surface area contributed by atoms with E-state index in [0.29, 0.717) is 23.1 Å². The Morgan fingerprint density at radius 1 is 0.793 bits per heavy atom. The van der Waals surface area contributed by atoms with Crippen molar-refractivity contribution in [2.75, 3.05) is 18.0 Å². The fourth-order valence-corrected chi connectivity index (χ4v) is 6.42. The molecule has 2 heterocycles. The van der Waals surface area contributed by atoms with Crippen LogP contribution in [0.15, 0.2) is 36.4 Å². The highest BCUT2D eigenvalue weighted by atomic mass is 16.2. The number of hydrogen-bond acceptors (Lipinski definition) is 3. The van der Waals surface area contributed by atoms with Gasteiger partial charge in [-0.2, -0.15) is 0 Å². The molecule has 5 heteroatoms. The molecule has 5 nitrogen and oxygen atoms in total. The largest absolute Gasteiger partial charge is 0.339 e. The van der Waals surface area contributed by atoms with Crippen LogP contribution in [0.5, 0.6) is 0 Å². The van der Waals surface area contributed by atoms with Gasteiger partial charge >= 0.3 is 0 Å². The molecule has 0 N–H and O–H groups in total. The third kappa shape index (κ3) is 2.49. The summed E-state index contributed by atoms with van der Waals surface area (Å²) in [5, 5.41) is 0. The van der Waals surface area contributed by atoms with Gasteiger partial charge in [-0.05, 0) is 67.2 Å². The lowest BCUT2D eigenvalue weighted by Crippen LogP contribution is -2.40. The number of imide groups is 1. The van der Waals surface area contributed by atoms with Gasteiger partial charge in [-0.3, -0.25) is 19.3 Å². The predicted octanol–water partition coefficient (Wildman–Crippen LogP) is 3.26. The second-order valence-corrected chi connectivity index (χ2v) is 9.42. The van der Waals surface area contributed by atoms with Crippen molar-refractivity contribution in [3.8, 4) is 0 Å². The molecule has 2 saturated heterocycles. The minimum atomic E-state index is -0.181. The van der Waals surface area contributed by atoms with Crippen LogP contribution >= 0.6 is 0 Å². The van der Waals surface area contributed by atoms with Crippen LogP contribution in [0.1, 0.15) is 42.5 Å². The molecule has 150 valence electrons. The van der Waals surface area contributed by atoms with Crippen molar-refractivity contribution in [2.24, 2.45) is 35.5 Å². The molecule has 1 aromatic carbocycles. The molecular formula is C24H26N2O3. The van der Waals surface area contributed by atoms with Crippen LogP contribution in [0.3, 0.4) is 0 Å². The van der Waals surface area contributed by atoms with Gasteiger partial charge in [-0.1, -0.05) is 25.0 Å². The maximum absolute atomic E-state index is 13.2. The normalized spacial score (nSPS) is 37.4. The Balaban J connectivity index is 1.24. The summed E-state index contributed by atoms with van der Waals surface area (Å²) in [6.45, 7) is 1.62. The van der Waals surface area contributed by atoms with Crippen LogP contribution in [0.4, 0.5) is 5.69 Å². The van der Waals surface area contributed by atoms with Gasteiger partial charge in [0.2, 0.25) is 11.8 Å². The number of nitrogens with zero attached hydrogens (tertiary/aromatic N) is 2. The highest BCUT2D eigenvalue weighted by Crippen LogP contribution is 2.65. The van der Waals surface area contributed by atoms with Crippen LogP contribution in [-0.4, -0.2) is 35.7 Å². The minimum Gasteiger partial charge on any atom is -0.339 e. The van der Waals surface area contributed by atoms with Gasteiger partial charge in [0.05, 0.1) is 17.5 Å². The standard InChI is InChI=1S/C24H26N2O3/c27-22(25-11-3-1-2-4-12-25)14-5-7-15(8-6-14)26-23(28)20-16-9-10-17(19-13-18(16)19)21(20)24(26)29/h5-10,16-21H,1-4,11-13H2/t16-,17-,18-,19-,20+,21+/m0/s1. The number of anilines is 1. The maximum atomic E-state index is 13.2. The highest BCUT2D eigenvalue weighted by molar-refractivity contribution is 6.22. The van der Waals surface area contributed by atoms with Gasteiger partial charge in [0.1, 0.15) is 0 Å². The Morgan fingerprint density at radius 3 is 1.90 bits per heavy atom. The van der Waals surface area contributed by atoms with E-state index >= 15 is 0 Å². The number of likely N-dealkylation sites (tertiary alicyclic amines) is 1. The van der Waals surface area contributed by atoms with Crippen molar-refractivity contribution in [3.63, 3.8) is 0 Å². The zero-order valence-electron chi connectivity index (χ0n) is 16.5. The Morgan fingerprint density at radius 2 is 1.34 bits per heavy atom. The Labute approximate surface area is 170 Å². The number of amides is 3. The van der Waals surface area contributed by atoms with E-state index in [9.17, 15) is 14.4 Å². The molecule has 29 heavy (non-hydrogen) atoms. The van der Waals surface area contributed by atoms with Crippen molar-refractivity contribution in [3.05, 3.63) is 42.0 Å². The van der Waals surface area contributed by atoms with Crippen LogP contribution in [-0.2, 0) is 9.59 Å². The molecule has 0 unspecified atom stereocenters. The van der Waals surface area contributed by atoms with E-state index in [0.717, 1.165) is 25.9 Å². The summed E-state index contributed by atoms with van der Waals surface area (Å²) in [6, 6.07) is 7.09. The van der Waals surface area contributed by atoms with Crippen LogP contribution in [0, 0.1) is 35.5 Å². The van der Waals surface area contributed by atoms with E-state index in [1.807, 2.05) is 4.90 Å². The molecule has 0 radical (unpaired) electrons. The third-order valence-corrected chi connectivity index (χ3v) is 7.93. The second-order valence-electron chi connectivity index (χ2n) is 9.42. The summed E-state index contributed by atoms with van der Waals surface area (Å²) in [5.41, 5.74) is 1.24. The molecule has 7 rings (SSSR count). The molecule has 3 amide bonds. The number of carbonyl (C=O) groups is 3. The number of hydrogen-bond donors (Lipinski definition) is 0. The molecule has 2 bridgehead atoms. The highest BCUT2D eigenvalue weighted by Gasteiger charge is 2.67. The average molecular weight is 390 g/mol. The van der Waals surface area contributed by atoms with Crippen molar-refractivity contribution in [2.45, 2.75) is 32.1 Å². The smallest absolute Gasteiger partial charge is 0.253 e. The molecule has 1 aromatic rings. The number of allylic oxidation sites excluding steroid dienone is 2. The zero-order chi connectivity index (χ0) is 19.7. The Kier molecular flexibility index (Phi) is 3.78. The first-order chi connectivity index (χ1) is 14.1. The first kappa shape index (κ1) is 17.4. The molecule has 6 aliphatic rings. The third-order valence-electron chi connectivity index (χ3n) is 7.93. The van der Waals surface area contributed by atoms with E-state index in [1.54, 1.807) is 24.3 Å². The predicted molar refractivity (Wildman–Crippen MR) is 108 cm³/mol. The molecular weight excluding hydrogens is 364 g/mol. The van der Waals surface area contributed by atoms with Gasteiger partial charge in [0, 0.05) is 18.7 Å². The van der Waals surface area contributed by atoms with E-state index in [2.05, 4.69) is 12.2 Å². The summed E-state index contributed by atoms with van der Waals surface area (Å²) in [6.07, 6.45) is 10.0. The fourth-order valence-electron chi connectivity index (χ4n) is 6.42. The topological polar surface area (TPSA) is 57.7 Å². The Bertz CT molecular complexity index is 877. The lowest BCUT2D eigenvalue weighted by atomic mass is 9.63. The summed E-state index contributed by atoms with van der Waals surface area (Å²) >= 11 is 0. The summed E-state index contributed by atoms with van der Waals surface area (Å²) < 4.78 is 0. The molecule has 4 fully saturated rings. The van der Waals surface area contributed by atoms with Crippen molar-refractivity contribution in [1.29, 1.82) is 0 Å². The number of benzene rings is 1. The van der Waals surface area contributed by atoms with E-state index < -0.39 is 0 Å². The van der Waals surface area contributed by atoms with Crippen molar-refractivity contribution >= 4 is 23.4 Å². The number of carbonyl (C=O) groups excluding carboxylic acids is 3. The lowest BCUT2D eigenvalue weighted by molar-refractivity contribution is -0.124. The molecule has 0 aromatic heterocycles. The molecule has 6 atom stereocenters. The minimum absolute atomic E-state index is 0.0451. The molecule has 2 saturated carbocycles. The van der Waals surface area contributed by atoms with E-state index in [-0.39, 0.29) is 41.4 Å². The summed E-state index contributed by atoms with van der Waals surface area (Å²) in [7, 11) is 0. The first-order valence-electron chi connectivity index (χ1n) is 11.1. The van der Waals surface area contributed by atoms with Gasteiger partial charge in [-0.25, -0.2) is 0 Å². The molecule has 0 spiro atoms. The van der Waals surface area contributed by atoms with E-state index in [1.165, 1.54) is 24.2 Å². The molecule has 2 aliphatic heterocycles. The molecule has 4 aliphatic carbocycles. The SMILES string of the molecule is O=C(c1ccc(N2C(=O)[C@@H]3[C@H]4C=C[C@@H]([C@@H]5C[C@@H]45)[C@H]3C2=O)cc1)N1CCCCCC1. The van der Waals surface area contributed by atoms with E-state index in [4.69, 9.17) is 0 Å². The Hall–Kier alpha value is -2.43. The van der Waals surface area contributed by atoms with Gasteiger partial charge in [0.25, 0.3) is 5.91 Å². The average Bonchev–Trinajstić information content (AvgIpc) is 3.55. The number of rotatable bonds is 2. The quantitative estimate of drug-likeness (QED) is 0.575. The van der Waals surface area contributed by atoms with Gasteiger partial charge in [-0.15, -0.1) is 0 Å².